The van der Waals surface area contributed by atoms with Crippen molar-refractivity contribution in [1.82, 2.24) is 20.0 Å². The monoisotopic (exact) mass is 409 g/mol. The van der Waals surface area contributed by atoms with Gasteiger partial charge in [-0.05, 0) is 37.3 Å². The van der Waals surface area contributed by atoms with Crippen LogP contribution < -0.4 is 5.32 Å². The average molecular weight is 410 g/mol. The SMILES string of the molecule is Cc1cc(-c2nnc(NC(=O)CCS(=O)(=O)c3ccc(Cl)cc3)o2)nn1C. The van der Waals surface area contributed by atoms with Crippen LogP contribution in [0, 0.1) is 6.92 Å². The molecule has 1 N–H and O–H groups in total. The number of amides is 1. The summed E-state index contributed by atoms with van der Waals surface area (Å²) in [6.07, 6.45) is -0.259. The number of sulfone groups is 1. The van der Waals surface area contributed by atoms with Crippen molar-refractivity contribution < 1.29 is 17.6 Å². The maximum absolute atomic E-state index is 12.2. The third kappa shape index (κ3) is 4.52. The van der Waals surface area contributed by atoms with Crippen molar-refractivity contribution in [3.05, 3.63) is 41.0 Å². The largest absolute Gasteiger partial charge is 0.401 e. The summed E-state index contributed by atoms with van der Waals surface area (Å²) in [5, 5.41) is 14.6. The Balaban J connectivity index is 1.60. The fourth-order valence-electron chi connectivity index (χ4n) is 2.21. The Morgan fingerprint density at radius 1 is 1.26 bits per heavy atom. The lowest BCUT2D eigenvalue weighted by atomic mass is 10.4. The Kier molecular flexibility index (Phi) is 5.29. The second-order valence-electron chi connectivity index (χ2n) is 5.78. The molecule has 2 aromatic heterocycles. The van der Waals surface area contributed by atoms with Crippen molar-refractivity contribution in [2.24, 2.45) is 7.05 Å². The highest BCUT2D eigenvalue weighted by atomic mass is 35.5. The molecule has 0 fully saturated rings. The number of nitrogens with one attached hydrogen (secondary N) is 1. The minimum absolute atomic E-state index is 0.102. The summed E-state index contributed by atoms with van der Waals surface area (Å²) in [5.41, 5.74) is 1.38. The Morgan fingerprint density at radius 2 is 1.96 bits per heavy atom. The number of benzene rings is 1. The Morgan fingerprint density at radius 3 is 2.59 bits per heavy atom. The lowest BCUT2D eigenvalue weighted by Crippen LogP contribution is -2.17. The van der Waals surface area contributed by atoms with E-state index in [4.69, 9.17) is 16.0 Å². The molecular formula is C16H16ClN5O4S. The first-order chi connectivity index (χ1) is 12.7. The van der Waals surface area contributed by atoms with Gasteiger partial charge >= 0.3 is 6.01 Å². The van der Waals surface area contributed by atoms with Crippen LogP contribution in [-0.4, -0.2) is 40.1 Å². The van der Waals surface area contributed by atoms with Gasteiger partial charge in [-0.2, -0.15) is 5.10 Å². The van der Waals surface area contributed by atoms with Gasteiger partial charge in [0, 0.05) is 24.2 Å². The first-order valence-electron chi connectivity index (χ1n) is 7.87. The third-order valence-electron chi connectivity index (χ3n) is 3.77. The summed E-state index contributed by atoms with van der Waals surface area (Å²) in [6.45, 7) is 1.87. The van der Waals surface area contributed by atoms with E-state index < -0.39 is 15.7 Å². The van der Waals surface area contributed by atoms with E-state index in [0.29, 0.717) is 10.7 Å². The van der Waals surface area contributed by atoms with Crippen LogP contribution in [0.2, 0.25) is 5.02 Å². The Hall–Kier alpha value is -2.72. The quantitative estimate of drug-likeness (QED) is 0.662. The fraction of sp³-hybridized carbons (Fsp3) is 0.250. The molecule has 0 saturated carbocycles. The zero-order chi connectivity index (χ0) is 19.6. The number of nitrogens with zero attached hydrogens (tertiary/aromatic N) is 4. The molecule has 0 saturated heterocycles. The molecule has 0 radical (unpaired) electrons. The number of aromatic nitrogens is 4. The first kappa shape index (κ1) is 19.1. The van der Waals surface area contributed by atoms with E-state index in [1.807, 2.05) is 6.92 Å². The molecule has 1 amide bonds. The standard InChI is InChI=1S/C16H16ClN5O4S/c1-10-9-13(21-22(10)2)15-19-20-16(26-15)18-14(23)7-8-27(24,25)12-5-3-11(17)4-6-12/h3-6,9H,7-8H2,1-2H3,(H,18,20,23). The van der Waals surface area contributed by atoms with Gasteiger partial charge < -0.3 is 4.42 Å². The van der Waals surface area contributed by atoms with Gasteiger partial charge in [0.15, 0.2) is 9.84 Å². The van der Waals surface area contributed by atoms with Crippen LogP contribution in [0.1, 0.15) is 12.1 Å². The minimum Gasteiger partial charge on any atom is -0.401 e. The first-order valence-corrected chi connectivity index (χ1v) is 9.90. The van der Waals surface area contributed by atoms with E-state index in [9.17, 15) is 13.2 Å². The molecule has 0 aliphatic heterocycles. The van der Waals surface area contributed by atoms with Gasteiger partial charge in [0.2, 0.25) is 5.91 Å². The number of rotatable bonds is 6. The summed E-state index contributed by atoms with van der Waals surface area (Å²) < 4.78 is 31.5. The number of aryl methyl sites for hydroxylation is 2. The molecule has 0 aliphatic carbocycles. The molecule has 3 rings (SSSR count). The molecule has 0 atom stereocenters. The van der Waals surface area contributed by atoms with Crippen molar-refractivity contribution in [1.29, 1.82) is 0 Å². The van der Waals surface area contributed by atoms with E-state index in [2.05, 4.69) is 20.6 Å². The lowest BCUT2D eigenvalue weighted by molar-refractivity contribution is -0.115. The lowest BCUT2D eigenvalue weighted by Gasteiger charge is -2.04. The van der Waals surface area contributed by atoms with Gasteiger partial charge in [0.05, 0.1) is 10.6 Å². The van der Waals surface area contributed by atoms with Crippen molar-refractivity contribution in [3.63, 3.8) is 0 Å². The number of hydrogen-bond acceptors (Lipinski definition) is 7. The fourth-order valence-corrected chi connectivity index (χ4v) is 3.58. The second-order valence-corrected chi connectivity index (χ2v) is 8.32. The van der Waals surface area contributed by atoms with E-state index in [1.54, 1.807) is 17.8 Å². The van der Waals surface area contributed by atoms with Crippen LogP contribution >= 0.6 is 11.6 Å². The molecule has 3 aromatic rings. The number of hydrogen-bond donors (Lipinski definition) is 1. The molecule has 2 heterocycles. The van der Waals surface area contributed by atoms with Crippen LogP contribution in [0.4, 0.5) is 6.01 Å². The van der Waals surface area contributed by atoms with E-state index in [0.717, 1.165) is 5.69 Å². The topological polar surface area (TPSA) is 120 Å². The van der Waals surface area contributed by atoms with Crippen LogP contribution in [0.3, 0.4) is 0 Å². The number of carbonyl (C=O) groups is 1. The van der Waals surface area contributed by atoms with Crippen molar-refractivity contribution >= 4 is 33.4 Å². The van der Waals surface area contributed by atoms with Gasteiger partial charge in [-0.25, -0.2) is 8.42 Å². The van der Waals surface area contributed by atoms with Crippen molar-refractivity contribution in [3.8, 4) is 11.6 Å². The zero-order valence-corrected chi connectivity index (χ0v) is 16.1. The minimum atomic E-state index is -3.60. The Bertz CT molecular complexity index is 1050. The van der Waals surface area contributed by atoms with E-state index in [-0.39, 0.29) is 29.0 Å². The normalized spacial score (nSPS) is 11.5. The predicted octanol–water partition coefficient (Wildman–Crippen LogP) is 2.23. The molecule has 27 heavy (non-hydrogen) atoms. The molecule has 0 spiro atoms. The predicted molar refractivity (Wildman–Crippen MR) is 98.0 cm³/mol. The van der Waals surface area contributed by atoms with Crippen LogP contribution in [0.15, 0.2) is 39.6 Å². The molecule has 9 nitrogen and oxygen atoms in total. The summed E-state index contributed by atoms with van der Waals surface area (Å²) in [4.78, 5) is 12.1. The van der Waals surface area contributed by atoms with Gasteiger partial charge in [0.1, 0.15) is 5.69 Å². The molecule has 142 valence electrons. The zero-order valence-electron chi connectivity index (χ0n) is 14.5. The molecule has 11 heteroatoms. The highest BCUT2D eigenvalue weighted by Gasteiger charge is 2.18. The van der Waals surface area contributed by atoms with Crippen LogP contribution in [0.25, 0.3) is 11.6 Å². The molecule has 0 aliphatic rings. The summed E-state index contributed by atoms with van der Waals surface area (Å²) in [7, 11) is -1.83. The highest BCUT2D eigenvalue weighted by Crippen LogP contribution is 2.20. The summed E-state index contributed by atoms with van der Waals surface area (Å²) >= 11 is 5.75. The maximum Gasteiger partial charge on any atom is 0.322 e. The van der Waals surface area contributed by atoms with Crippen molar-refractivity contribution in [2.75, 3.05) is 11.1 Å². The maximum atomic E-state index is 12.2. The average Bonchev–Trinajstić information content (AvgIpc) is 3.20. The Labute approximate surface area is 160 Å². The van der Waals surface area contributed by atoms with Crippen LogP contribution in [-0.2, 0) is 21.7 Å². The summed E-state index contributed by atoms with van der Waals surface area (Å²) in [5.74, 6) is -0.760. The molecule has 0 bridgehead atoms. The number of anilines is 1. The molecule has 1 aromatic carbocycles. The molecule has 0 unspecified atom stereocenters. The van der Waals surface area contributed by atoms with Crippen LogP contribution in [0.5, 0.6) is 0 Å². The van der Waals surface area contributed by atoms with Gasteiger partial charge in [0.25, 0.3) is 5.89 Å². The van der Waals surface area contributed by atoms with Gasteiger partial charge in [-0.1, -0.05) is 16.7 Å². The number of carbonyl (C=O) groups excluding carboxylic acids is 1. The van der Waals surface area contributed by atoms with Crippen molar-refractivity contribution in [2.45, 2.75) is 18.2 Å². The van der Waals surface area contributed by atoms with Gasteiger partial charge in [-0.15, -0.1) is 5.10 Å². The summed E-state index contributed by atoms with van der Waals surface area (Å²) in [6, 6.07) is 7.39. The molecular weight excluding hydrogens is 394 g/mol. The van der Waals surface area contributed by atoms with Gasteiger partial charge in [-0.3, -0.25) is 14.8 Å². The smallest absolute Gasteiger partial charge is 0.322 e. The highest BCUT2D eigenvalue weighted by molar-refractivity contribution is 7.91. The van der Waals surface area contributed by atoms with E-state index in [1.165, 1.54) is 24.3 Å². The second kappa shape index (κ2) is 7.49. The third-order valence-corrected chi connectivity index (χ3v) is 5.76. The number of halogens is 1. The van der Waals surface area contributed by atoms with E-state index >= 15 is 0 Å².